The molecule has 0 aromatic heterocycles. The van der Waals surface area contributed by atoms with Crippen molar-refractivity contribution in [2.75, 3.05) is 0 Å². The van der Waals surface area contributed by atoms with E-state index >= 15 is 0 Å². The van der Waals surface area contributed by atoms with Crippen LogP contribution < -0.4 is 11.2 Å². The SMILES string of the molecule is CCC(C)CC(/C=N/NC(N)=S)CC. The van der Waals surface area contributed by atoms with Crippen LogP contribution in [0.15, 0.2) is 5.10 Å². The number of nitrogens with two attached hydrogens (primary N) is 1. The quantitative estimate of drug-likeness (QED) is 0.406. The van der Waals surface area contributed by atoms with Crippen molar-refractivity contribution in [1.29, 1.82) is 0 Å². The zero-order valence-electron chi connectivity index (χ0n) is 9.29. The van der Waals surface area contributed by atoms with Gasteiger partial charge >= 0.3 is 0 Å². The monoisotopic (exact) mass is 215 g/mol. The molecule has 0 saturated heterocycles. The van der Waals surface area contributed by atoms with Gasteiger partial charge in [0.2, 0.25) is 0 Å². The van der Waals surface area contributed by atoms with Gasteiger partial charge in [-0.25, -0.2) is 0 Å². The van der Waals surface area contributed by atoms with Crippen molar-refractivity contribution in [3.63, 3.8) is 0 Å². The van der Waals surface area contributed by atoms with E-state index in [0.29, 0.717) is 5.92 Å². The second-order valence-corrected chi connectivity index (χ2v) is 4.11. The first-order valence-corrected chi connectivity index (χ1v) is 5.59. The largest absolute Gasteiger partial charge is 0.375 e. The molecule has 0 aliphatic rings. The van der Waals surface area contributed by atoms with Crippen LogP contribution in [0, 0.1) is 11.8 Å². The first kappa shape index (κ1) is 13.4. The molecule has 0 aliphatic carbocycles. The summed E-state index contributed by atoms with van der Waals surface area (Å²) in [5, 5.41) is 4.21. The summed E-state index contributed by atoms with van der Waals surface area (Å²) in [6.07, 6.45) is 5.40. The van der Waals surface area contributed by atoms with Crippen LogP contribution in [0.1, 0.15) is 40.0 Å². The Kier molecular flexibility index (Phi) is 7.38. The molecule has 3 nitrogen and oxygen atoms in total. The van der Waals surface area contributed by atoms with Crippen LogP contribution >= 0.6 is 12.2 Å². The van der Waals surface area contributed by atoms with Crippen molar-refractivity contribution in [3.05, 3.63) is 0 Å². The highest BCUT2D eigenvalue weighted by Crippen LogP contribution is 2.15. The minimum atomic E-state index is 0.222. The molecule has 0 heterocycles. The molecule has 0 bridgehead atoms. The summed E-state index contributed by atoms with van der Waals surface area (Å²) >= 11 is 4.65. The lowest BCUT2D eigenvalue weighted by Gasteiger charge is -2.13. The van der Waals surface area contributed by atoms with Gasteiger partial charge in [-0.2, -0.15) is 5.10 Å². The molecule has 0 rings (SSSR count). The fourth-order valence-corrected chi connectivity index (χ4v) is 1.28. The molecule has 2 atom stereocenters. The number of nitrogens with one attached hydrogen (secondary N) is 1. The van der Waals surface area contributed by atoms with Crippen LogP contribution in [0.4, 0.5) is 0 Å². The maximum absolute atomic E-state index is 5.25. The molecule has 0 radical (unpaired) electrons. The molecule has 82 valence electrons. The van der Waals surface area contributed by atoms with Gasteiger partial charge in [-0.1, -0.05) is 27.2 Å². The predicted molar refractivity (Wildman–Crippen MR) is 66.3 cm³/mol. The Morgan fingerprint density at radius 3 is 2.57 bits per heavy atom. The van der Waals surface area contributed by atoms with Crippen molar-refractivity contribution in [2.45, 2.75) is 40.0 Å². The summed E-state index contributed by atoms with van der Waals surface area (Å²) in [6.45, 7) is 6.64. The Balaban J connectivity index is 3.89. The zero-order chi connectivity index (χ0) is 11.0. The zero-order valence-corrected chi connectivity index (χ0v) is 10.1. The Labute approximate surface area is 92.1 Å². The maximum atomic E-state index is 5.25. The van der Waals surface area contributed by atoms with E-state index in [-0.39, 0.29) is 5.11 Å². The number of hydrogen-bond acceptors (Lipinski definition) is 2. The smallest absolute Gasteiger partial charge is 0.184 e. The third-order valence-corrected chi connectivity index (χ3v) is 2.48. The Hall–Kier alpha value is -0.640. The van der Waals surface area contributed by atoms with Crippen molar-refractivity contribution >= 4 is 23.5 Å². The molecule has 4 heteroatoms. The first-order chi connectivity index (χ1) is 6.60. The van der Waals surface area contributed by atoms with Gasteiger partial charge in [-0.05, 0) is 36.9 Å². The summed E-state index contributed by atoms with van der Waals surface area (Å²) in [7, 11) is 0. The van der Waals surface area contributed by atoms with E-state index in [2.05, 4.69) is 43.5 Å². The van der Waals surface area contributed by atoms with E-state index < -0.39 is 0 Å². The fraction of sp³-hybridized carbons (Fsp3) is 0.800. The van der Waals surface area contributed by atoms with E-state index in [1.807, 2.05) is 6.21 Å². The predicted octanol–water partition coefficient (Wildman–Crippen LogP) is 2.27. The van der Waals surface area contributed by atoms with Crippen molar-refractivity contribution in [2.24, 2.45) is 22.7 Å². The van der Waals surface area contributed by atoms with E-state index in [9.17, 15) is 0 Å². The van der Waals surface area contributed by atoms with E-state index in [0.717, 1.165) is 12.3 Å². The first-order valence-electron chi connectivity index (χ1n) is 5.18. The minimum absolute atomic E-state index is 0.222. The molecular weight excluding hydrogens is 194 g/mol. The number of hydrazone groups is 1. The minimum Gasteiger partial charge on any atom is -0.375 e. The van der Waals surface area contributed by atoms with Gasteiger partial charge in [0.05, 0.1) is 0 Å². The van der Waals surface area contributed by atoms with Gasteiger partial charge in [0, 0.05) is 6.21 Å². The lowest BCUT2D eigenvalue weighted by atomic mass is 9.93. The second-order valence-electron chi connectivity index (χ2n) is 3.67. The van der Waals surface area contributed by atoms with E-state index in [1.54, 1.807) is 0 Å². The maximum Gasteiger partial charge on any atom is 0.184 e. The summed E-state index contributed by atoms with van der Waals surface area (Å²) in [4.78, 5) is 0. The number of hydrogen-bond donors (Lipinski definition) is 2. The fourth-order valence-electron chi connectivity index (χ4n) is 1.22. The van der Waals surface area contributed by atoms with Crippen LogP contribution in [0.5, 0.6) is 0 Å². The summed E-state index contributed by atoms with van der Waals surface area (Å²) < 4.78 is 0. The Morgan fingerprint density at radius 2 is 2.14 bits per heavy atom. The molecule has 0 aliphatic heterocycles. The molecular formula is C10H21N3S. The van der Waals surface area contributed by atoms with Gasteiger partial charge in [0.1, 0.15) is 0 Å². The van der Waals surface area contributed by atoms with Crippen LogP contribution in [0.3, 0.4) is 0 Å². The Morgan fingerprint density at radius 1 is 1.50 bits per heavy atom. The number of rotatable bonds is 6. The molecule has 14 heavy (non-hydrogen) atoms. The third-order valence-electron chi connectivity index (χ3n) is 2.39. The topological polar surface area (TPSA) is 50.4 Å². The molecule has 0 spiro atoms. The average molecular weight is 215 g/mol. The molecule has 0 saturated carbocycles. The highest BCUT2D eigenvalue weighted by Gasteiger charge is 2.07. The van der Waals surface area contributed by atoms with E-state index in [1.165, 1.54) is 12.8 Å². The number of nitrogens with zero attached hydrogens (tertiary/aromatic N) is 1. The van der Waals surface area contributed by atoms with Crippen molar-refractivity contribution in [1.82, 2.24) is 5.43 Å². The third kappa shape index (κ3) is 6.83. The van der Waals surface area contributed by atoms with Crippen LogP contribution in [0.2, 0.25) is 0 Å². The summed E-state index contributed by atoms with van der Waals surface area (Å²) in [5.41, 5.74) is 7.83. The van der Waals surface area contributed by atoms with Crippen molar-refractivity contribution in [3.8, 4) is 0 Å². The molecule has 0 aromatic carbocycles. The Bertz CT molecular complexity index is 192. The van der Waals surface area contributed by atoms with Gasteiger partial charge < -0.3 is 5.73 Å². The van der Waals surface area contributed by atoms with Gasteiger partial charge in [-0.15, -0.1) is 0 Å². The van der Waals surface area contributed by atoms with Gasteiger partial charge in [0.25, 0.3) is 0 Å². The molecule has 3 N–H and O–H groups in total. The van der Waals surface area contributed by atoms with Gasteiger partial charge in [-0.3, -0.25) is 5.43 Å². The standard InChI is InChI=1S/C10H21N3S/c1-4-8(3)6-9(5-2)7-12-13-10(11)14/h7-9H,4-6H2,1-3H3,(H3,11,13,14)/b12-7+. The second kappa shape index (κ2) is 7.74. The lowest BCUT2D eigenvalue weighted by Crippen LogP contribution is -2.24. The highest BCUT2D eigenvalue weighted by molar-refractivity contribution is 7.80. The molecule has 0 aromatic rings. The highest BCUT2D eigenvalue weighted by atomic mass is 32.1. The van der Waals surface area contributed by atoms with Crippen LogP contribution in [-0.2, 0) is 0 Å². The molecule has 0 amide bonds. The summed E-state index contributed by atoms with van der Waals surface area (Å²) in [6, 6.07) is 0. The van der Waals surface area contributed by atoms with Crippen LogP contribution in [0.25, 0.3) is 0 Å². The van der Waals surface area contributed by atoms with E-state index in [4.69, 9.17) is 5.73 Å². The molecule has 0 fully saturated rings. The van der Waals surface area contributed by atoms with Gasteiger partial charge in [0.15, 0.2) is 5.11 Å². The van der Waals surface area contributed by atoms with Crippen LogP contribution in [-0.4, -0.2) is 11.3 Å². The molecule has 2 unspecified atom stereocenters. The van der Waals surface area contributed by atoms with Crippen molar-refractivity contribution < 1.29 is 0 Å². The average Bonchev–Trinajstić information content (AvgIpc) is 2.15. The summed E-state index contributed by atoms with van der Waals surface area (Å²) in [5.74, 6) is 1.27. The normalized spacial score (nSPS) is 15.4. The lowest BCUT2D eigenvalue weighted by molar-refractivity contribution is 0.447. The number of thiocarbonyl (C=S) groups is 1.